The monoisotopic (exact) mass is 113 g/mol. The number of aliphatic carboxylic acids is 1. The lowest BCUT2D eigenvalue weighted by molar-refractivity contribution is -0.139. The van der Waals surface area contributed by atoms with Crippen LogP contribution in [-0.4, -0.2) is 11.1 Å². The second-order valence-electron chi connectivity index (χ2n) is 1.43. The zero-order valence-electron chi connectivity index (χ0n) is 4.59. The van der Waals surface area contributed by atoms with Crippen LogP contribution in [0.25, 0.3) is 0 Å². The molecule has 0 rings (SSSR count). The quantitative estimate of drug-likeness (QED) is 0.571. The van der Waals surface area contributed by atoms with E-state index in [0.29, 0.717) is 6.42 Å². The number of rotatable bonds is 2. The zero-order valence-corrected chi connectivity index (χ0v) is 4.59. The van der Waals surface area contributed by atoms with Crippen molar-refractivity contribution in [2.45, 2.75) is 13.3 Å². The van der Waals surface area contributed by atoms with Crippen LogP contribution in [0.5, 0.6) is 0 Å². The molecular weight excluding hydrogens is 106 g/mol. The highest BCUT2D eigenvalue weighted by Crippen LogP contribution is 1.98. The number of nitrogens with zero attached hydrogens (tertiary/aromatic N) is 1. The number of carbonyl (C=O) groups is 1. The molecule has 8 heavy (non-hydrogen) atoms. The van der Waals surface area contributed by atoms with Gasteiger partial charge in [0.2, 0.25) is 0 Å². The van der Waals surface area contributed by atoms with E-state index in [-0.39, 0.29) is 0 Å². The molecule has 0 bridgehead atoms. The predicted octanol–water partition coefficient (Wildman–Crippen LogP) is 0.621. The Labute approximate surface area is 47.5 Å². The molecular formula is C5H7NO2. The summed E-state index contributed by atoms with van der Waals surface area (Å²) in [5.41, 5.74) is 0. The molecule has 1 atom stereocenters. The van der Waals surface area contributed by atoms with Crippen molar-refractivity contribution in [2.24, 2.45) is 5.92 Å². The van der Waals surface area contributed by atoms with Gasteiger partial charge in [-0.2, -0.15) is 5.26 Å². The van der Waals surface area contributed by atoms with E-state index in [2.05, 4.69) is 0 Å². The fourth-order valence-corrected chi connectivity index (χ4v) is 0.321. The van der Waals surface area contributed by atoms with E-state index in [1.807, 2.05) is 0 Å². The third kappa shape index (κ3) is 1.61. The fraction of sp³-hybridized carbons (Fsp3) is 0.600. The van der Waals surface area contributed by atoms with Crippen LogP contribution < -0.4 is 0 Å². The summed E-state index contributed by atoms with van der Waals surface area (Å²) >= 11 is 0. The average Bonchev–Trinajstić information content (AvgIpc) is 1.69. The molecule has 0 aromatic heterocycles. The Morgan fingerprint density at radius 2 is 2.50 bits per heavy atom. The van der Waals surface area contributed by atoms with Crippen LogP contribution in [0.3, 0.4) is 0 Å². The minimum Gasteiger partial charge on any atom is -0.480 e. The average molecular weight is 113 g/mol. The molecule has 0 aliphatic heterocycles. The molecule has 44 valence electrons. The van der Waals surface area contributed by atoms with Gasteiger partial charge in [-0.1, -0.05) is 6.92 Å². The topological polar surface area (TPSA) is 61.1 Å². The minimum atomic E-state index is -1.03. The van der Waals surface area contributed by atoms with Gasteiger partial charge in [0.15, 0.2) is 0 Å². The van der Waals surface area contributed by atoms with E-state index >= 15 is 0 Å². The molecule has 0 heterocycles. The van der Waals surface area contributed by atoms with Crippen LogP contribution >= 0.6 is 0 Å². The molecule has 0 aliphatic carbocycles. The fourth-order valence-electron chi connectivity index (χ4n) is 0.321. The van der Waals surface area contributed by atoms with Gasteiger partial charge in [-0.05, 0) is 6.42 Å². The number of hydrogen-bond donors (Lipinski definition) is 1. The summed E-state index contributed by atoms with van der Waals surface area (Å²) in [5.74, 6) is -1.86. The Morgan fingerprint density at radius 3 is 2.50 bits per heavy atom. The summed E-state index contributed by atoms with van der Waals surface area (Å²) in [6, 6.07) is 1.65. The highest BCUT2D eigenvalue weighted by molar-refractivity contribution is 5.72. The maximum absolute atomic E-state index is 9.94. The zero-order chi connectivity index (χ0) is 6.57. The van der Waals surface area contributed by atoms with Crippen molar-refractivity contribution in [1.82, 2.24) is 0 Å². The molecule has 0 aromatic carbocycles. The lowest BCUT2D eigenvalue weighted by Crippen LogP contribution is -2.09. The first-order valence-electron chi connectivity index (χ1n) is 2.34. The highest BCUT2D eigenvalue weighted by atomic mass is 16.4. The van der Waals surface area contributed by atoms with Gasteiger partial charge in [0.1, 0.15) is 5.92 Å². The first kappa shape index (κ1) is 6.96. The maximum Gasteiger partial charge on any atom is 0.320 e. The first-order valence-corrected chi connectivity index (χ1v) is 2.34. The van der Waals surface area contributed by atoms with Gasteiger partial charge in [0.25, 0.3) is 0 Å². The van der Waals surface area contributed by atoms with Crippen LogP contribution in [0.2, 0.25) is 0 Å². The first-order chi connectivity index (χ1) is 3.72. The highest BCUT2D eigenvalue weighted by Gasteiger charge is 2.11. The molecule has 3 nitrogen and oxygen atoms in total. The molecule has 0 amide bonds. The Kier molecular flexibility index (Phi) is 2.63. The lowest BCUT2D eigenvalue weighted by atomic mass is 10.1. The van der Waals surface area contributed by atoms with Gasteiger partial charge in [0.05, 0.1) is 6.07 Å². The largest absolute Gasteiger partial charge is 0.480 e. The normalized spacial score (nSPS) is 12.0. The molecule has 0 saturated carbocycles. The molecule has 3 heteroatoms. The predicted molar refractivity (Wildman–Crippen MR) is 27.0 cm³/mol. The Hall–Kier alpha value is -1.04. The summed E-state index contributed by atoms with van der Waals surface area (Å²) in [5, 5.41) is 16.2. The molecule has 0 saturated heterocycles. The Morgan fingerprint density at radius 1 is 2.00 bits per heavy atom. The molecule has 0 aliphatic rings. The van der Waals surface area contributed by atoms with Gasteiger partial charge in [-0.15, -0.1) is 0 Å². The van der Waals surface area contributed by atoms with Gasteiger partial charge in [-0.25, -0.2) is 0 Å². The summed E-state index contributed by atoms with van der Waals surface area (Å²) in [6.45, 7) is 1.67. The van der Waals surface area contributed by atoms with E-state index in [1.165, 1.54) is 0 Å². The van der Waals surface area contributed by atoms with E-state index in [9.17, 15) is 4.79 Å². The standard InChI is InChI=1S/C5H7NO2/c1-2-4(3-6)5(7)8/h4H,2H2,1H3,(H,7,8). The number of carboxylic acids is 1. The van der Waals surface area contributed by atoms with Gasteiger partial charge < -0.3 is 5.11 Å². The summed E-state index contributed by atoms with van der Waals surface area (Å²) < 4.78 is 0. The van der Waals surface area contributed by atoms with Gasteiger partial charge in [-0.3, -0.25) is 4.79 Å². The van der Waals surface area contributed by atoms with Crippen molar-refractivity contribution < 1.29 is 9.90 Å². The second kappa shape index (κ2) is 3.03. The van der Waals surface area contributed by atoms with Crippen molar-refractivity contribution in [1.29, 1.82) is 5.26 Å². The minimum absolute atomic E-state index is 0.381. The lowest BCUT2D eigenvalue weighted by Gasteiger charge is -1.93. The van der Waals surface area contributed by atoms with Crippen molar-refractivity contribution in [3.05, 3.63) is 0 Å². The SMILES string of the molecule is CCC(C#N)C(=O)O. The molecule has 0 fully saturated rings. The third-order valence-electron chi connectivity index (χ3n) is 0.862. The van der Waals surface area contributed by atoms with E-state index in [0.717, 1.165) is 0 Å². The Bertz CT molecular complexity index is 125. The number of carboxylic acid groups (broad SMARTS) is 1. The molecule has 1 N–H and O–H groups in total. The third-order valence-corrected chi connectivity index (χ3v) is 0.862. The Balaban J connectivity index is 3.76. The molecule has 1 unspecified atom stereocenters. The summed E-state index contributed by atoms with van der Waals surface area (Å²) in [6.07, 6.45) is 0.381. The van der Waals surface area contributed by atoms with Crippen molar-refractivity contribution in [2.75, 3.05) is 0 Å². The van der Waals surface area contributed by atoms with Crippen molar-refractivity contribution in [3.63, 3.8) is 0 Å². The van der Waals surface area contributed by atoms with Crippen LogP contribution in [-0.2, 0) is 4.79 Å². The molecule has 0 aromatic rings. The van der Waals surface area contributed by atoms with Gasteiger partial charge >= 0.3 is 5.97 Å². The van der Waals surface area contributed by atoms with E-state index in [1.54, 1.807) is 13.0 Å². The van der Waals surface area contributed by atoms with Crippen molar-refractivity contribution in [3.8, 4) is 6.07 Å². The van der Waals surface area contributed by atoms with Crippen LogP contribution in [0.1, 0.15) is 13.3 Å². The van der Waals surface area contributed by atoms with E-state index < -0.39 is 11.9 Å². The van der Waals surface area contributed by atoms with Gasteiger partial charge in [0, 0.05) is 0 Å². The van der Waals surface area contributed by atoms with Crippen LogP contribution in [0.4, 0.5) is 0 Å². The molecule has 0 spiro atoms. The summed E-state index contributed by atoms with van der Waals surface area (Å²) in [7, 11) is 0. The number of hydrogen-bond acceptors (Lipinski definition) is 2. The summed E-state index contributed by atoms with van der Waals surface area (Å²) in [4.78, 5) is 9.94. The number of nitriles is 1. The van der Waals surface area contributed by atoms with E-state index in [4.69, 9.17) is 10.4 Å². The maximum atomic E-state index is 9.94. The smallest absolute Gasteiger partial charge is 0.320 e. The second-order valence-corrected chi connectivity index (χ2v) is 1.43. The van der Waals surface area contributed by atoms with Crippen LogP contribution in [0, 0.1) is 17.2 Å². The van der Waals surface area contributed by atoms with Crippen molar-refractivity contribution >= 4 is 5.97 Å². The van der Waals surface area contributed by atoms with Crippen LogP contribution in [0.15, 0.2) is 0 Å². The molecule has 0 radical (unpaired) electrons.